The minimum atomic E-state index is -3.37. The van der Waals surface area contributed by atoms with Gasteiger partial charge in [0.2, 0.25) is 0 Å². The Bertz CT molecular complexity index is 417. The van der Waals surface area contributed by atoms with Crippen molar-refractivity contribution in [3.8, 4) is 0 Å². The number of rotatable bonds is 11. The number of aliphatic hydroxyl groups excluding tert-OH is 2. The summed E-state index contributed by atoms with van der Waals surface area (Å²) >= 11 is 10.8. The van der Waals surface area contributed by atoms with E-state index in [9.17, 15) is 40.2 Å². The summed E-state index contributed by atoms with van der Waals surface area (Å²) in [6.45, 7) is -1.10. The van der Waals surface area contributed by atoms with Gasteiger partial charge >= 0.3 is 11.9 Å². The van der Waals surface area contributed by atoms with Crippen molar-refractivity contribution in [1.29, 1.82) is 0 Å². The summed E-state index contributed by atoms with van der Waals surface area (Å²) in [5, 5.41) is 58.8. The quantitative estimate of drug-likeness (QED) is 0.165. The Labute approximate surface area is 148 Å². The Balaban J connectivity index is 5.98. The van der Waals surface area contributed by atoms with E-state index in [0.717, 1.165) is 14.1 Å². The third-order valence-electron chi connectivity index (χ3n) is 3.51. The fourth-order valence-corrected chi connectivity index (χ4v) is 2.35. The molecule has 0 rings (SSSR count). The van der Waals surface area contributed by atoms with E-state index in [2.05, 4.69) is 0 Å². The van der Waals surface area contributed by atoms with Crippen LogP contribution in [0.1, 0.15) is 0 Å². The molecule has 0 aromatic rings. The van der Waals surface area contributed by atoms with Gasteiger partial charge in [0.15, 0.2) is 0 Å². The molecular weight excluding hydrogens is 371 g/mol. The van der Waals surface area contributed by atoms with Crippen LogP contribution in [0.3, 0.4) is 0 Å². The molecule has 0 aromatic heterocycles. The molecule has 24 heavy (non-hydrogen) atoms. The highest BCUT2D eigenvalue weighted by molar-refractivity contribution is 6.18. The van der Waals surface area contributed by atoms with Crippen LogP contribution in [0.15, 0.2) is 0 Å². The van der Waals surface area contributed by atoms with E-state index in [0.29, 0.717) is 9.80 Å². The Morgan fingerprint density at radius 3 is 1.29 bits per heavy atom. The summed E-state index contributed by atoms with van der Waals surface area (Å²) in [6.07, 6.45) is -2.58. The number of nitrogens with zero attached hydrogens (tertiary/aromatic N) is 2. The van der Waals surface area contributed by atoms with Crippen LogP contribution in [-0.4, -0.2) is 115 Å². The number of hydrogen-bond acceptors (Lipinski definition) is 8. The fourth-order valence-electron chi connectivity index (χ4n) is 2.15. The zero-order chi connectivity index (χ0) is 19.3. The number of likely N-dealkylation sites (N-methyl/N-ethyl adjacent to an activating group) is 2. The summed E-state index contributed by atoms with van der Waals surface area (Å²) < 4.78 is 0. The van der Waals surface area contributed by atoms with E-state index in [1.165, 1.54) is 0 Å². The van der Waals surface area contributed by atoms with E-state index >= 15 is 0 Å². The van der Waals surface area contributed by atoms with E-state index in [1.54, 1.807) is 0 Å². The second-order valence-electron chi connectivity index (χ2n) is 5.33. The fraction of sp³-hybridized carbons (Fsp3) is 0.833. The topological polar surface area (TPSA) is 162 Å². The molecule has 0 heterocycles. The van der Waals surface area contributed by atoms with E-state index in [4.69, 9.17) is 23.2 Å². The molecule has 4 unspecified atom stereocenters. The highest BCUT2D eigenvalue weighted by atomic mass is 35.5. The summed E-state index contributed by atoms with van der Waals surface area (Å²) in [4.78, 5) is 24.3. The molecule has 142 valence electrons. The number of carbonyl (C=O) groups is 2. The van der Waals surface area contributed by atoms with E-state index < -0.39 is 48.7 Å². The number of hydrogen-bond donors (Lipinski definition) is 6. The number of carboxylic acid groups (broad SMARTS) is 2. The van der Waals surface area contributed by atoms with Crippen molar-refractivity contribution < 1.29 is 40.2 Å². The first-order valence-electron chi connectivity index (χ1n) is 6.71. The van der Waals surface area contributed by atoms with Crippen LogP contribution in [0, 0.1) is 0 Å². The van der Waals surface area contributed by atoms with Gasteiger partial charge in [-0.15, -0.1) is 23.2 Å². The van der Waals surface area contributed by atoms with Crippen LogP contribution in [0.5, 0.6) is 0 Å². The molecule has 4 atom stereocenters. The first-order chi connectivity index (χ1) is 10.9. The number of halogens is 2. The van der Waals surface area contributed by atoms with Crippen molar-refractivity contribution in [3.63, 3.8) is 0 Å². The minimum Gasteiger partial charge on any atom is -0.478 e. The smallest absolute Gasteiger partial charge is 0.356 e. The third kappa shape index (κ3) is 4.46. The van der Waals surface area contributed by atoms with Crippen LogP contribution in [0.25, 0.3) is 0 Å². The first-order valence-corrected chi connectivity index (χ1v) is 7.78. The molecule has 0 saturated carbocycles. The van der Waals surface area contributed by atoms with Gasteiger partial charge in [-0.3, -0.25) is 9.80 Å². The molecule has 0 amide bonds. The maximum Gasteiger partial charge on any atom is 0.356 e. The third-order valence-corrected chi connectivity index (χ3v) is 4.23. The van der Waals surface area contributed by atoms with Gasteiger partial charge in [0, 0.05) is 24.8 Å². The Hall–Kier alpha value is -0.720. The first kappa shape index (κ1) is 23.3. The molecule has 12 heteroatoms. The monoisotopic (exact) mass is 392 g/mol. The lowest BCUT2D eigenvalue weighted by Gasteiger charge is -2.47. The molecule has 0 bridgehead atoms. The highest BCUT2D eigenvalue weighted by Gasteiger charge is 2.66. The summed E-state index contributed by atoms with van der Waals surface area (Å²) in [5.41, 5.74) is -6.74. The average molecular weight is 393 g/mol. The molecule has 6 N–H and O–H groups in total. The van der Waals surface area contributed by atoms with Gasteiger partial charge in [-0.25, -0.2) is 9.59 Å². The maximum absolute atomic E-state index is 11.6. The van der Waals surface area contributed by atoms with Gasteiger partial charge in [0.25, 0.3) is 11.4 Å². The Morgan fingerprint density at radius 2 is 1.12 bits per heavy atom. The van der Waals surface area contributed by atoms with Gasteiger partial charge in [0.1, 0.15) is 0 Å². The Morgan fingerprint density at radius 1 is 0.875 bits per heavy atom. The van der Waals surface area contributed by atoms with Crippen LogP contribution >= 0.6 is 23.2 Å². The molecule has 0 fully saturated rings. The molecule has 0 saturated heterocycles. The molecule has 0 spiro atoms. The van der Waals surface area contributed by atoms with Gasteiger partial charge in [0.05, 0.1) is 12.2 Å². The predicted molar refractivity (Wildman–Crippen MR) is 83.9 cm³/mol. The van der Waals surface area contributed by atoms with Gasteiger partial charge in [-0.1, -0.05) is 0 Å². The normalized spacial score (nSPS) is 19.6. The largest absolute Gasteiger partial charge is 0.478 e. The zero-order valence-corrected chi connectivity index (χ0v) is 14.6. The Kier molecular flexibility index (Phi) is 8.84. The van der Waals surface area contributed by atoms with Crippen molar-refractivity contribution in [3.05, 3.63) is 0 Å². The van der Waals surface area contributed by atoms with Crippen LogP contribution < -0.4 is 0 Å². The number of carboxylic acids is 2. The van der Waals surface area contributed by atoms with Crippen molar-refractivity contribution >= 4 is 35.1 Å². The number of alkyl halides is 2. The molecule has 0 aromatic carbocycles. The van der Waals surface area contributed by atoms with Gasteiger partial charge in [-0.05, 0) is 14.1 Å². The lowest BCUT2D eigenvalue weighted by atomic mass is 9.95. The number of aliphatic hydroxyl groups is 4. The summed E-state index contributed by atoms with van der Waals surface area (Å²) in [7, 11) is 1.98. The van der Waals surface area contributed by atoms with Crippen molar-refractivity contribution in [1.82, 2.24) is 9.80 Å². The van der Waals surface area contributed by atoms with Gasteiger partial charge in [-0.2, -0.15) is 0 Å². The van der Waals surface area contributed by atoms with Crippen LogP contribution in [0.2, 0.25) is 0 Å². The maximum atomic E-state index is 11.6. The van der Waals surface area contributed by atoms with Gasteiger partial charge < -0.3 is 30.6 Å². The highest BCUT2D eigenvalue weighted by Crippen LogP contribution is 2.30. The van der Waals surface area contributed by atoms with E-state index in [-0.39, 0.29) is 11.8 Å². The molecule has 0 aliphatic heterocycles. The zero-order valence-electron chi connectivity index (χ0n) is 13.1. The number of aliphatic carboxylic acids is 2. The van der Waals surface area contributed by atoms with E-state index in [1.807, 2.05) is 0 Å². The SMILES string of the molecule is CN(CC(O)CCl)C(O)(C(=O)O)C(O)(C(=O)O)N(C)CC(O)CCl. The minimum absolute atomic E-state index is 0.313. The van der Waals surface area contributed by atoms with Crippen LogP contribution in [0.4, 0.5) is 0 Å². The van der Waals surface area contributed by atoms with Crippen molar-refractivity contribution in [2.24, 2.45) is 0 Å². The van der Waals surface area contributed by atoms with Crippen molar-refractivity contribution in [2.75, 3.05) is 38.9 Å². The molecule has 0 aliphatic rings. The second-order valence-corrected chi connectivity index (χ2v) is 5.95. The lowest BCUT2D eigenvalue weighted by Crippen LogP contribution is -2.77. The molecule has 10 nitrogen and oxygen atoms in total. The summed E-state index contributed by atoms with van der Waals surface area (Å²) in [5.74, 6) is -4.79. The lowest BCUT2D eigenvalue weighted by molar-refractivity contribution is -0.280. The predicted octanol–water partition coefficient (Wildman–Crippen LogP) is -2.40. The van der Waals surface area contributed by atoms with Crippen LogP contribution in [-0.2, 0) is 9.59 Å². The second kappa shape index (κ2) is 9.11. The van der Waals surface area contributed by atoms with Crippen molar-refractivity contribution in [2.45, 2.75) is 23.7 Å². The standard InChI is InChI=1S/C12H22Cl2N2O8/c1-15(5-7(17)3-13)11(23,9(19)20)12(24,10(21)22)16(2)6-8(18)4-14/h7-8,17-18,23-24H,3-6H2,1-2H3,(H,19,20)(H,21,22). The summed E-state index contributed by atoms with van der Waals surface area (Å²) in [6, 6.07) is 0. The molecule has 0 radical (unpaired) electrons. The molecular formula is C12H22Cl2N2O8. The molecule has 0 aliphatic carbocycles. The average Bonchev–Trinajstić information content (AvgIpc) is 2.51.